The van der Waals surface area contributed by atoms with Gasteiger partial charge in [0, 0.05) is 5.02 Å². The van der Waals surface area contributed by atoms with Crippen molar-refractivity contribution in [2.75, 3.05) is 0 Å². The number of azo groups is 1. The third-order valence-corrected chi connectivity index (χ3v) is 2.91. The highest BCUT2D eigenvalue weighted by Gasteiger charge is 2.01. The van der Waals surface area contributed by atoms with E-state index < -0.39 is 0 Å². The Kier molecular flexibility index (Phi) is 3.84. The Morgan fingerprint density at radius 2 is 1.67 bits per heavy atom. The Morgan fingerprint density at radius 3 is 2.39 bits per heavy atom. The first-order valence-electron chi connectivity index (χ1n) is 5.22. The van der Waals surface area contributed by atoms with Crippen LogP contribution in [0.15, 0.2) is 46.6 Å². The van der Waals surface area contributed by atoms with Gasteiger partial charge in [0.2, 0.25) is 0 Å². The molecule has 2 aromatic carbocycles. The number of nitrogens with zero attached hydrogens (tertiary/aromatic N) is 2. The van der Waals surface area contributed by atoms with Crippen molar-refractivity contribution in [1.82, 2.24) is 0 Å². The molecule has 0 fully saturated rings. The lowest BCUT2D eigenvalue weighted by Crippen LogP contribution is -1.74. The molecule has 0 aliphatic heterocycles. The highest BCUT2D eigenvalue weighted by molar-refractivity contribution is 6.35. The molecule has 0 heterocycles. The van der Waals surface area contributed by atoms with Crippen LogP contribution in [0.4, 0.5) is 11.4 Å². The summed E-state index contributed by atoms with van der Waals surface area (Å²) in [6.45, 7) is 1.84. The molecule has 0 aliphatic carbocycles. The molecule has 0 saturated carbocycles. The van der Waals surface area contributed by atoms with Crippen LogP contribution < -0.4 is 0 Å². The Bertz CT molecular complexity index is 612. The van der Waals surface area contributed by atoms with Crippen molar-refractivity contribution in [1.29, 1.82) is 0 Å². The van der Waals surface area contributed by atoms with Gasteiger partial charge in [-0.2, -0.15) is 5.11 Å². The van der Waals surface area contributed by atoms with Gasteiger partial charge in [0.1, 0.15) is 11.4 Å². The zero-order chi connectivity index (χ0) is 13.1. The van der Waals surface area contributed by atoms with Crippen molar-refractivity contribution < 1.29 is 5.11 Å². The first-order chi connectivity index (χ1) is 8.56. The quantitative estimate of drug-likeness (QED) is 0.733. The lowest BCUT2D eigenvalue weighted by atomic mass is 10.2. The fraction of sp³-hybridized carbons (Fsp3) is 0.0769. The second-order valence-electron chi connectivity index (χ2n) is 3.77. The van der Waals surface area contributed by atoms with Gasteiger partial charge in [-0.05, 0) is 48.9 Å². The van der Waals surface area contributed by atoms with Crippen LogP contribution in [0.1, 0.15) is 5.56 Å². The summed E-state index contributed by atoms with van der Waals surface area (Å²) in [6.07, 6.45) is 0. The van der Waals surface area contributed by atoms with Gasteiger partial charge < -0.3 is 5.11 Å². The maximum Gasteiger partial charge on any atom is 0.115 e. The fourth-order valence-electron chi connectivity index (χ4n) is 1.42. The lowest BCUT2D eigenvalue weighted by Gasteiger charge is -2.00. The number of hydrogen-bond acceptors (Lipinski definition) is 3. The minimum atomic E-state index is 0.201. The number of phenols is 1. The standard InChI is InChI=1S/C13H10Cl2N2O/c1-8-6-10(18)3-5-12(8)16-17-13-7-9(14)2-4-11(13)15/h2-7,18H,1H3. The summed E-state index contributed by atoms with van der Waals surface area (Å²) < 4.78 is 0. The second kappa shape index (κ2) is 5.38. The summed E-state index contributed by atoms with van der Waals surface area (Å²) >= 11 is 11.8. The maximum absolute atomic E-state index is 9.29. The Labute approximate surface area is 115 Å². The zero-order valence-electron chi connectivity index (χ0n) is 9.56. The molecule has 0 radical (unpaired) electrons. The Balaban J connectivity index is 2.32. The van der Waals surface area contributed by atoms with Gasteiger partial charge >= 0.3 is 0 Å². The minimum absolute atomic E-state index is 0.201. The van der Waals surface area contributed by atoms with Crippen molar-refractivity contribution in [3.8, 4) is 5.75 Å². The van der Waals surface area contributed by atoms with Crippen LogP contribution in [0.5, 0.6) is 5.75 Å². The molecule has 0 spiro atoms. The zero-order valence-corrected chi connectivity index (χ0v) is 11.1. The van der Waals surface area contributed by atoms with E-state index in [1.807, 2.05) is 6.92 Å². The van der Waals surface area contributed by atoms with E-state index in [-0.39, 0.29) is 5.75 Å². The lowest BCUT2D eigenvalue weighted by molar-refractivity contribution is 0.475. The smallest absolute Gasteiger partial charge is 0.115 e. The monoisotopic (exact) mass is 280 g/mol. The summed E-state index contributed by atoms with van der Waals surface area (Å²) in [6, 6.07) is 9.86. The summed E-state index contributed by atoms with van der Waals surface area (Å²) in [5, 5.41) is 18.5. The van der Waals surface area contributed by atoms with Crippen molar-refractivity contribution in [2.45, 2.75) is 6.92 Å². The van der Waals surface area contributed by atoms with Gasteiger partial charge in [0.15, 0.2) is 0 Å². The first kappa shape index (κ1) is 12.9. The highest BCUT2D eigenvalue weighted by atomic mass is 35.5. The molecule has 92 valence electrons. The summed E-state index contributed by atoms with van der Waals surface area (Å²) in [7, 11) is 0. The van der Waals surface area contributed by atoms with Crippen LogP contribution in [-0.2, 0) is 0 Å². The predicted molar refractivity (Wildman–Crippen MR) is 73.5 cm³/mol. The van der Waals surface area contributed by atoms with Crippen molar-refractivity contribution >= 4 is 34.6 Å². The summed E-state index contributed by atoms with van der Waals surface area (Å²) in [4.78, 5) is 0. The van der Waals surface area contributed by atoms with Gasteiger partial charge in [-0.3, -0.25) is 0 Å². The number of halogens is 2. The summed E-state index contributed by atoms with van der Waals surface area (Å²) in [5.74, 6) is 0.201. The molecule has 2 aromatic rings. The van der Waals surface area contributed by atoms with E-state index in [9.17, 15) is 5.11 Å². The van der Waals surface area contributed by atoms with Crippen LogP contribution in [0.25, 0.3) is 0 Å². The minimum Gasteiger partial charge on any atom is -0.508 e. The van der Waals surface area contributed by atoms with E-state index in [0.29, 0.717) is 21.4 Å². The van der Waals surface area contributed by atoms with E-state index in [1.54, 1.807) is 36.4 Å². The molecule has 0 aromatic heterocycles. The number of benzene rings is 2. The maximum atomic E-state index is 9.29. The van der Waals surface area contributed by atoms with Crippen molar-refractivity contribution in [2.24, 2.45) is 10.2 Å². The number of hydrogen-bond donors (Lipinski definition) is 1. The van der Waals surface area contributed by atoms with E-state index in [0.717, 1.165) is 5.56 Å². The van der Waals surface area contributed by atoms with Crippen LogP contribution >= 0.6 is 23.2 Å². The molecule has 5 heteroatoms. The third-order valence-electron chi connectivity index (χ3n) is 2.35. The molecular formula is C13H10Cl2N2O. The third kappa shape index (κ3) is 3.00. The SMILES string of the molecule is Cc1cc(O)ccc1N=Nc1cc(Cl)ccc1Cl. The van der Waals surface area contributed by atoms with Gasteiger partial charge in [-0.25, -0.2) is 0 Å². The molecule has 0 amide bonds. The molecule has 3 nitrogen and oxygen atoms in total. The highest BCUT2D eigenvalue weighted by Crippen LogP contribution is 2.31. The topological polar surface area (TPSA) is 45.0 Å². The van der Waals surface area contributed by atoms with Gasteiger partial charge in [-0.1, -0.05) is 23.2 Å². The Hall–Kier alpha value is -1.58. The van der Waals surface area contributed by atoms with E-state index in [1.165, 1.54) is 0 Å². The molecule has 2 rings (SSSR count). The second-order valence-corrected chi connectivity index (χ2v) is 4.61. The van der Waals surface area contributed by atoms with Crippen molar-refractivity contribution in [3.05, 3.63) is 52.0 Å². The molecular weight excluding hydrogens is 271 g/mol. The summed E-state index contributed by atoms with van der Waals surface area (Å²) in [5.41, 5.74) is 2.01. The van der Waals surface area contributed by atoms with Crippen LogP contribution in [0.2, 0.25) is 10.0 Å². The number of aryl methyl sites for hydroxylation is 1. The molecule has 0 saturated heterocycles. The Morgan fingerprint density at radius 1 is 0.944 bits per heavy atom. The van der Waals surface area contributed by atoms with E-state index in [4.69, 9.17) is 23.2 Å². The van der Waals surface area contributed by atoms with E-state index in [2.05, 4.69) is 10.2 Å². The first-order valence-corrected chi connectivity index (χ1v) is 5.98. The van der Waals surface area contributed by atoms with Crippen LogP contribution in [0.3, 0.4) is 0 Å². The largest absolute Gasteiger partial charge is 0.508 e. The molecule has 0 bridgehead atoms. The average molecular weight is 281 g/mol. The number of rotatable bonds is 2. The van der Waals surface area contributed by atoms with Crippen LogP contribution in [-0.4, -0.2) is 5.11 Å². The van der Waals surface area contributed by atoms with Crippen LogP contribution in [0, 0.1) is 6.92 Å². The molecule has 18 heavy (non-hydrogen) atoms. The van der Waals surface area contributed by atoms with E-state index >= 15 is 0 Å². The molecule has 0 aliphatic rings. The normalized spacial score (nSPS) is 11.1. The molecule has 0 atom stereocenters. The number of aromatic hydroxyl groups is 1. The molecule has 0 unspecified atom stereocenters. The predicted octanol–water partition coefficient (Wildman–Crippen LogP) is 5.42. The number of phenolic OH excluding ortho intramolecular Hbond substituents is 1. The fourth-order valence-corrected chi connectivity index (χ4v) is 1.74. The average Bonchev–Trinajstić information content (AvgIpc) is 2.32. The van der Waals surface area contributed by atoms with Gasteiger partial charge in [0.25, 0.3) is 0 Å². The van der Waals surface area contributed by atoms with Crippen molar-refractivity contribution in [3.63, 3.8) is 0 Å². The van der Waals surface area contributed by atoms with Gasteiger partial charge in [-0.15, -0.1) is 5.11 Å². The molecule has 1 N–H and O–H groups in total. The van der Waals surface area contributed by atoms with Gasteiger partial charge in [0.05, 0.1) is 10.7 Å².